The van der Waals surface area contributed by atoms with E-state index < -0.39 is 43.0 Å². The lowest BCUT2D eigenvalue weighted by Crippen LogP contribution is -2.65. The maximum Gasteiger partial charge on any atom is 0.662 e. The molecule has 10 nitrogen and oxygen atoms in total. The van der Waals surface area contributed by atoms with Crippen molar-refractivity contribution in [2.45, 2.75) is 0 Å². The van der Waals surface area contributed by atoms with Gasteiger partial charge in [0.15, 0.2) is 0 Å². The maximum atomic E-state index is 8.88. The summed E-state index contributed by atoms with van der Waals surface area (Å²) in [5.74, 6) is 0. The van der Waals surface area contributed by atoms with Gasteiger partial charge in [-0.05, 0) is 0 Å². The summed E-state index contributed by atoms with van der Waals surface area (Å²) in [6, 6.07) is 0. The van der Waals surface area contributed by atoms with Crippen molar-refractivity contribution >= 4 is 43.0 Å². The predicted molar refractivity (Wildman–Crippen MR) is 40.7 cm³/mol. The van der Waals surface area contributed by atoms with Gasteiger partial charge in [-0.2, -0.15) is 0 Å². The van der Waals surface area contributed by atoms with Crippen LogP contribution < -0.4 is 0 Å². The first-order valence-corrected chi connectivity index (χ1v) is 9.11. The minimum atomic E-state index is -5.06. The number of hydrogen-bond acceptors (Lipinski definition) is 10. The minimum Gasteiger partial charge on any atom is -0.464 e. The average Bonchev–Trinajstić information content (AvgIpc) is 1.75. The van der Waals surface area contributed by atoms with Crippen LogP contribution >= 0.6 is 0 Å². The Balaban J connectivity index is 2.76. The van der Waals surface area contributed by atoms with Gasteiger partial charge in [-0.3, -0.25) is 0 Å². The monoisotopic (exact) mass is 277 g/mol. The Kier molecular flexibility index (Phi) is 3.65. The van der Waals surface area contributed by atoms with Gasteiger partial charge in [0.1, 0.15) is 0 Å². The van der Waals surface area contributed by atoms with E-state index in [-0.39, 0.29) is 0 Å². The minimum absolute atomic E-state index is 1.64. The lowest BCUT2D eigenvalue weighted by molar-refractivity contribution is -0.00229. The van der Waals surface area contributed by atoms with E-state index in [1.165, 1.54) is 0 Å². The van der Waals surface area contributed by atoms with Crippen LogP contribution in [0.3, 0.4) is 0 Å². The Labute approximate surface area is 87.3 Å². The predicted octanol–water partition coefficient (Wildman–Crippen LogP) is -5.14. The smallest absolute Gasteiger partial charge is 0.464 e. The molecule has 1 heterocycles. The first-order chi connectivity index (χ1) is 6.12. The molecule has 0 aromatic heterocycles. The Morgan fingerprint density at radius 2 is 1.00 bits per heavy atom. The summed E-state index contributed by atoms with van der Waals surface area (Å²) in [5.41, 5.74) is 0. The fourth-order valence-electron chi connectivity index (χ4n) is 0.565. The van der Waals surface area contributed by atoms with Gasteiger partial charge < -0.3 is 44.0 Å². The van der Waals surface area contributed by atoms with Crippen molar-refractivity contribution in [2.75, 3.05) is 0 Å². The summed E-state index contributed by atoms with van der Waals surface area (Å²) in [6.07, 6.45) is 0. The van der Waals surface area contributed by atoms with Crippen molar-refractivity contribution in [3.05, 3.63) is 0 Å². The fraction of sp³-hybridized carbons (Fsp3) is 0. The van der Waals surface area contributed by atoms with Gasteiger partial charge in [-0.25, -0.2) is 0 Å². The van der Waals surface area contributed by atoms with Gasteiger partial charge in [0.2, 0.25) is 0 Å². The molecule has 0 amide bonds. The van der Waals surface area contributed by atoms with Gasteiger partial charge in [0.05, 0.1) is 0 Å². The zero-order valence-electron chi connectivity index (χ0n) is 6.39. The molecule has 81 valence electrons. The van der Waals surface area contributed by atoms with Gasteiger partial charge in [0, 0.05) is 0 Å². The van der Waals surface area contributed by atoms with Gasteiger partial charge >= 0.3 is 43.0 Å². The molecular formula is H6AlO10Si3. The van der Waals surface area contributed by atoms with Crippen molar-refractivity contribution in [2.24, 2.45) is 0 Å². The molecule has 0 aromatic carbocycles. The van der Waals surface area contributed by atoms with E-state index in [9.17, 15) is 0 Å². The first-order valence-electron chi connectivity index (χ1n) is 3.04. The molecule has 1 aliphatic rings. The zero-order chi connectivity index (χ0) is 11.0. The van der Waals surface area contributed by atoms with Crippen LogP contribution in [0.25, 0.3) is 0 Å². The maximum absolute atomic E-state index is 8.88. The van der Waals surface area contributed by atoms with E-state index in [1.807, 2.05) is 0 Å². The highest BCUT2D eigenvalue weighted by Gasteiger charge is 2.59. The molecule has 14 heavy (non-hydrogen) atoms. The van der Waals surface area contributed by atoms with Crippen LogP contribution in [0.15, 0.2) is 0 Å². The fourth-order valence-corrected chi connectivity index (χ4v) is 6.76. The van der Waals surface area contributed by atoms with Crippen LogP contribution in [-0.4, -0.2) is 71.8 Å². The summed E-state index contributed by atoms with van der Waals surface area (Å²) in [6.45, 7) is 0. The molecule has 1 aliphatic heterocycles. The molecule has 1 radical (unpaired) electrons. The lowest BCUT2D eigenvalue weighted by atomic mass is 15.5. The topological polar surface area (TPSA) is 158 Å². The summed E-state index contributed by atoms with van der Waals surface area (Å²) in [7, 11) is -14.5. The van der Waals surface area contributed by atoms with Crippen molar-refractivity contribution in [3.8, 4) is 0 Å². The standard InChI is InChI=1S/Al.H6O10Si3/c;1-11(2,3)9-13(7,8)10-12(4,5)6/h;1-2,4-5,7-8H/q+2;-2. The second-order valence-corrected chi connectivity index (χ2v) is 9.18. The van der Waals surface area contributed by atoms with E-state index in [0.717, 1.165) is 0 Å². The quantitative estimate of drug-likeness (QED) is 0.236. The summed E-state index contributed by atoms with van der Waals surface area (Å²) in [5, 5.41) is 0. The van der Waals surface area contributed by atoms with Crippen LogP contribution in [0.1, 0.15) is 0 Å². The van der Waals surface area contributed by atoms with Crippen molar-refractivity contribution < 1.29 is 44.0 Å². The van der Waals surface area contributed by atoms with Gasteiger partial charge in [-0.1, -0.05) is 0 Å². The third kappa shape index (κ3) is 4.11. The molecule has 14 heteroatoms. The molecule has 1 fully saturated rings. The molecule has 0 spiro atoms. The summed E-state index contributed by atoms with van der Waals surface area (Å²) >= 11 is -1.64. The molecular weight excluding hydrogens is 271 g/mol. The SMILES string of the molecule is O[Si]1(O)[O][Al][O][Si](O)(O)O[Si](O)(O)O1. The first kappa shape index (κ1) is 12.9. The Bertz CT molecular complexity index is 191. The molecule has 6 N–H and O–H groups in total. The van der Waals surface area contributed by atoms with E-state index in [2.05, 4.69) is 15.2 Å². The van der Waals surface area contributed by atoms with Gasteiger partial charge in [-0.15, -0.1) is 0 Å². The zero-order valence-corrected chi connectivity index (χ0v) is 10.5. The van der Waals surface area contributed by atoms with Crippen molar-refractivity contribution in [1.82, 2.24) is 0 Å². The van der Waals surface area contributed by atoms with Gasteiger partial charge in [0.25, 0.3) is 0 Å². The molecule has 1 rings (SSSR count). The van der Waals surface area contributed by atoms with Crippen LogP contribution in [0, 0.1) is 0 Å². The average molecular weight is 277 g/mol. The molecule has 1 saturated heterocycles. The third-order valence-corrected chi connectivity index (χ3v) is 8.42. The third-order valence-electron chi connectivity index (χ3n) is 0.935. The largest absolute Gasteiger partial charge is 0.662 e. The second-order valence-electron chi connectivity index (χ2n) is 2.18. The Morgan fingerprint density at radius 1 is 0.643 bits per heavy atom. The number of hydrogen-bond donors (Lipinski definition) is 6. The Hall–Kier alpha value is 0.783. The summed E-state index contributed by atoms with van der Waals surface area (Å²) in [4.78, 5) is 53.2. The molecule has 0 bridgehead atoms. The van der Waals surface area contributed by atoms with Crippen LogP contribution in [0.2, 0.25) is 0 Å². The molecule has 0 aliphatic carbocycles. The normalized spacial score (nSPS) is 29.9. The number of rotatable bonds is 0. The van der Waals surface area contributed by atoms with E-state index in [4.69, 9.17) is 28.8 Å². The van der Waals surface area contributed by atoms with Crippen LogP contribution in [0.4, 0.5) is 0 Å². The molecule has 0 aromatic rings. The Morgan fingerprint density at radius 3 is 1.36 bits per heavy atom. The van der Waals surface area contributed by atoms with Crippen LogP contribution in [-0.2, 0) is 15.2 Å². The van der Waals surface area contributed by atoms with E-state index in [0.29, 0.717) is 0 Å². The van der Waals surface area contributed by atoms with E-state index >= 15 is 0 Å². The lowest BCUT2D eigenvalue weighted by Gasteiger charge is -2.30. The highest BCUT2D eigenvalue weighted by molar-refractivity contribution is 6.75. The molecule has 0 saturated carbocycles. The van der Waals surface area contributed by atoms with Crippen molar-refractivity contribution in [3.63, 3.8) is 0 Å². The highest BCUT2D eigenvalue weighted by atomic mass is 28.5. The molecule has 0 atom stereocenters. The van der Waals surface area contributed by atoms with Crippen molar-refractivity contribution in [1.29, 1.82) is 0 Å². The van der Waals surface area contributed by atoms with Crippen LogP contribution in [0.5, 0.6) is 0 Å². The highest BCUT2D eigenvalue weighted by Crippen LogP contribution is 2.14. The summed E-state index contributed by atoms with van der Waals surface area (Å²) < 4.78 is 16.2. The van der Waals surface area contributed by atoms with E-state index in [1.54, 1.807) is 0 Å². The molecule has 0 unspecified atom stereocenters. The second kappa shape index (κ2) is 3.98.